The molecule has 6 heteroatoms. The average molecular weight is 411 g/mol. The lowest BCUT2D eigenvalue weighted by molar-refractivity contribution is -0.127. The van der Waals surface area contributed by atoms with Crippen molar-refractivity contribution in [3.8, 4) is 17.2 Å². The summed E-state index contributed by atoms with van der Waals surface area (Å²) in [7, 11) is 1.68. The van der Waals surface area contributed by atoms with Crippen LogP contribution in [-0.2, 0) is 11.3 Å². The quantitative estimate of drug-likeness (QED) is 0.789. The normalized spacial score (nSPS) is 17.9. The lowest BCUT2D eigenvalue weighted by atomic mass is 9.94. The van der Waals surface area contributed by atoms with Crippen molar-refractivity contribution in [1.29, 1.82) is 0 Å². The van der Waals surface area contributed by atoms with Gasteiger partial charge in [-0.2, -0.15) is 0 Å². The minimum absolute atomic E-state index is 0.0642. The molecule has 0 aliphatic carbocycles. The summed E-state index contributed by atoms with van der Waals surface area (Å²) >= 11 is 0. The molecule has 2 aromatic rings. The lowest BCUT2D eigenvalue weighted by Crippen LogP contribution is -2.40. The number of nitrogens with one attached hydrogen (secondary N) is 1. The molecule has 0 spiro atoms. The van der Waals surface area contributed by atoms with Gasteiger partial charge in [-0.3, -0.25) is 9.69 Å². The predicted octanol–water partition coefficient (Wildman–Crippen LogP) is 3.56. The van der Waals surface area contributed by atoms with Gasteiger partial charge in [0.15, 0.2) is 11.5 Å². The maximum absolute atomic E-state index is 12.8. The van der Waals surface area contributed by atoms with Gasteiger partial charge in [-0.05, 0) is 68.2 Å². The van der Waals surface area contributed by atoms with Gasteiger partial charge in [-0.25, -0.2) is 0 Å². The van der Waals surface area contributed by atoms with Gasteiger partial charge in [-0.15, -0.1) is 0 Å². The number of amides is 1. The molecule has 6 nitrogen and oxygen atoms in total. The Morgan fingerprint density at radius 2 is 1.80 bits per heavy atom. The van der Waals surface area contributed by atoms with E-state index in [9.17, 15) is 4.79 Å². The number of fused-ring (bicyclic) bond motifs is 1. The zero-order chi connectivity index (χ0) is 20.9. The zero-order valence-corrected chi connectivity index (χ0v) is 17.7. The van der Waals surface area contributed by atoms with Gasteiger partial charge in [0.25, 0.3) is 0 Å². The van der Waals surface area contributed by atoms with Crippen molar-refractivity contribution >= 4 is 5.91 Å². The van der Waals surface area contributed by atoms with Gasteiger partial charge >= 0.3 is 0 Å². The van der Waals surface area contributed by atoms with Crippen molar-refractivity contribution in [2.24, 2.45) is 5.92 Å². The minimum atomic E-state index is -0.0642. The van der Waals surface area contributed by atoms with Crippen LogP contribution in [0.25, 0.3) is 0 Å². The van der Waals surface area contributed by atoms with Crippen LogP contribution in [0, 0.1) is 5.92 Å². The SMILES string of the molecule is COc1ccc(CN2CCC(C(=O)NC(C)c3ccc4c(c3)OCCO4)CC2)cc1. The molecule has 0 radical (unpaired) electrons. The van der Waals surface area contributed by atoms with Crippen molar-refractivity contribution in [2.75, 3.05) is 33.4 Å². The van der Waals surface area contributed by atoms with E-state index >= 15 is 0 Å². The fourth-order valence-corrected chi connectivity index (χ4v) is 4.09. The summed E-state index contributed by atoms with van der Waals surface area (Å²) < 4.78 is 16.5. The molecular weight excluding hydrogens is 380 g/mol. The van der Waals surface area contributed by atoms with Crippen LogP contribution in [0.3, 0.4) is 0 Å². The molecule has 2 aromatic carbocycles. The van der Waals surface area contributed by atoms with Gasteiger partial charge in [-0.1, -0.05) is 18.2 Å². The first-order valence-corrected chi connectivity index (χ1v) is 10.7. The highest BCUT2D eigenvalue weighted by atomic mass is 16.6. The van der Waals surface area contributed by atoms with Crippen molar-refractivity contribution in [3.05, 3.63) is 53.6 Å². The third-order valence-electron chi connectivity index (χ3n) is 5.95. The van der Waals surface area contributed by atoms with Crippen LogP contribution in [0.1, 0.15) is 36.9 Å². The zero-order valence-electron chi connectivity index (χ0n) is 17.7. The summed E-state index contributed by atoms with van der Waals surface area (Å²) in [5.41, 5.74) is 2.30. The highest BCUT2D eigenvalue weighted by Gasteiger charge is 2.26. The molecular formula is C24H30N2O4. The average Bonchev–Trinajstić information content (AvgIpc) is 2.79. The van der Waals surface area contributed by atoms with Gasteiger partial charge in [0, 0.05) is 12.5 Å². The molecule has 1 amide bonds. The van der Waals surface area contributed by atoms with Crippen LogP contribution in [-0.4, -0.2) is 44.2 Å². The largest absolute Gasteiger partial charge is 0.497 e. The Morgan fingerprint density at radius 1 is 1.10 bits per heavy atom. The summed E-state index contributed by atoms with van der Waals surface area (Å²) in [6, 6.07) is 14.0. The van der Waals surface area contributed by atoms with Crippen LogP contribution in [0.2, 0.25) is 0 Å². The predicted molar refractivity (Wildman–Crippen MR) is 115 cm³/mol. The Kier molecular flexibility index (Phi) is 6.43. The fraction of sp³-hybridized carbons (Fsp3) is 0.458. The van der Waals surface area contributed by atoms with Gasteiger partial charge in [0.1, 0.15) is 19.0 Å². The number of rotatable bonds is 6. The number of methoxy groups -OCH3 is 1. The van der Waals surface area contributed by atoms with E-state index in [4.69, 9.17) is 14.2 Å². The standard InChI is InChI=1S/C24H30N2O4/c1-17(20-5-8-22-23(15-20)30-14-13-29-22)25-24(27)19-9-11-26(12-10-19)16-18-3-6-21(28-2)7-4-18/h3-8,15,17,19H,9-14,16H2,1-2H3,(H,25,27). The molecule has 1 unspecified atom stereocenters. The molecule has 1 atom stereocenters. The lowest BCUT2D eigenvalue weighted by Gasteiger charge is -2.32. The molecule has 2 aliphatic heterocycles. The second-order valence-electron chi connectivity index (χ2n) is 8.03. The first kappa shape index (κ1) is 20.5. The Labute approximate surface area is 178 Å². The van der Waals surface area contributed by atoms with E-state index in [-0.39, 0.29) is 17.9 Å². The summed E-state index contributed by atoms with van der Waals surface area (Å²) in [6.07, 6.45) is 1.77. The van der Waals surface area contributed by atoms with Crippen molar-refractivity contribution in [1.82, 2.24) is 10.2 Å². The second-order valence-corrected chi connectivity index (χ2v) is 8.03. The number of likely N-dealkylation sites (tertiary alicyclic amines) is 1. The topological polar surface area (TPSA) is 60.0 Å². The van der Waals surface area contributed by atoms with Crippen molar-refractivity contribution < 1.29 is 19.0 Å². The summed E-state index contributed by atoms with van der Waals surface area (Å²) in [5.74, 6) is 2.61. The number of ether oxygens (including phenoxy) is 3. The van der Waals surface area contributed by atoms with E-state index in [2.05, 4.69) is 22.3 Å². The number of hydrogen-bond acceptors (Lipinski definition) is 5. The highest BCUT2D eigenvalue weighted by molar-refractivity contribution is 5.79. The maximum atomic E-state index is 12.8. The summed E-state index contributed by atoms with van der Waals surface area (Å²) in [4.78, 5) is 15.2. The summed E-state index contributed by atoms with van der Waals surface area (Å²) in [5, 5.41) is 3.18. The molecule has 0 saturated carbocycles. The first-order chi connectivity index (χ1) is 14.6. The molecule has 30 heavy (non-hydrogen) atoms. The fourth-order valence-electron chi connectivity index (χ4n) is 4.09. The number of nitrogens with zero attached hydrogens (tertiary/aromatic N) is 1. The maximum Gasteiger partial charge on any atom is 0.223 e. The second kappa shape index (κ2) is 9.39. The van der Waals surface area contributed by atoms with E-state index < -0.39 is 0 Å². The molecule has 1 fully saturated rings. The molecule has 160 valence electrons. The molecule has 2 heterocycles. The van der Waals surface area contributed by atoms with Crippen LogP contribution in [0.4, 0.5) is 0 Å². The highest BCUT2D eigenvalue weighted by Crippen LogP contribution is 2.32. The molecule has 0 bridgehead atoms. The van der Waals surface area contributed by atoms with Crippen LogP contribution in [0.15, 0.2) is 42.5 Å². The third-order valence-corrected chi connectivity index (χ3v) is 5.95. The first-order valence-electron chi connectivity index (χ1n) is 10.7. The number of hydrogen-bond donors (Lipinski definition) is 1. The molecule has 1 saturated heterocycles. The Morgan fingerprint density at radius 3 is 2.50 bits per heavy atom. The Balaban J connectivity index is 1.26. The minimum Gasteiger partial charge on any atom is -0.497 e. The number of carbonyl (C=O) groups is 1. The molecule has 4 rings (SSSR count). The summed E-state index contributed by atoms with van der Waals surface area (Å²) in [6.45, 7) is 5.93. The van der Waals surface area contributed by atoms with Crippen LogP contribution in [0.5, 0.6) is 17.2 Å². The molecule has 1 N–H and O–H groups in total. The Bertz CT molecular complexity index is 860. The van der Waals surface area contributed by atoms with Crippen molar-refractivity contribution in [2.45, 2.75) is 32.4 Å². The van der Waals surface area contributed by atoms with E-state index in [0.29, 0.717) is 13.2 Å². The van der Waals surface area contributed by atoms with E-state index in [1.165, 1.54) is 5.56 Å². The van der Waals surface area contributed by atoms with Gasteiger partial charge < -0.3 is 19.5 Å². The van der Waals surface area contributed by atoms with Crippen LogP contribution < -0.4 is 19.5 Å². The van der Waals surface area contributed by atoms with Gasteiger partial charge in [0.05, 0.1) is 13.2 Å². The monoisotopic (exact) mass is 410 g/mol. The van der Waals surface area contributed by atoms with Crippen molar-refractivity contribution in [3.63, 3.8) is 0 Å². The number of carbonyl (C=O) groups excluding carboxylic acids is 1. The smallest absolute Gasteiger partial charge is 0.223 e. The molecule has 0 aromatic heterocycles. The van der Waals surface area contributed by atoms with E-state index in [0.717, 1.165) is 55.3 Å². The number of benzene rings is 2. The third kappa shape index (κ3) is 4.87. The van der Waals surface area contributed by atoms with E-state index in [1.54, 1.807) is 7.11 Å². The molecule has 2 aliphatic rings. The van der Waals surface area contributed by atoms with E-state index in [1.807, 2.05) is 37.3 Å². The van der Waals surface area contributed by atoms with Crippen LogP contribution >= 0.6 is 0 Å². The van der Waals surface area contributed by atoms with Gasteiger partial charge in [0.2, 0.25) is 5.91 Å². The Hall–Kier alpha value is -2.73. The number of piperidine rings is 1.